The molecule has 4 rings (SSSR count). The Morgan fingerprint density at radius 1 is 1.21 bits per heavy atom. The van der Waals surface area contributed by atoms with Gasteiger partial charge in [0.2, 0.25) is 5.91 Å². The summed E-state index contributed by atoms with van der Waals surface area (Å²) in [6.07, 6.45) is 6.10. The van der Waals surface area contributed by atoms with Gasteiger partial charge in [0.05, 0.1) is 30.2 Å². The number of rotatable bonds is 4. The molecule has 3 heterocycles. The number of nitrogens with zero attached hydrogens (tertiary/aromatic N) is 4. The second-order valence-electron chi connectivity index (χ2n) is 8.03. The van der Waals surface area contributed by atoms with E-state index in [0.29, 0.717) is 30.2 Å². The summed E-state index contributed by atoms with van der Waals surface area (Å²) in [6.45, 7) is 4.12. The number of amides is 1. The van der Waals surface area contributed by atoms with Crippen LogP contribution >= 0.6 is 23.0 Å². The number of hydrogen-bond donors (Lipinski definition) is 2. The van der Waals surface area contributed by atoms with Crippen molar-refractivity contribution in [3.8, 4) is 11.3 Å². The summed E-state index contributed by atoms with van der Waals surface area (Å²) in [5.74, 6) is 1.16. The van der Waals surface area contributed by atoms with Crippen LogP contribution in [0.3, 0.4) is 0 Å². The number of hydrogen-bond acceptors (Lipinski definition) is 7. The number of pyridine rings is 1. The van der Waals surface area contributed by atoms with Gasteiger partial charge in [-0.1, -0.05) is 0 Å². The molecule has 0 radical (unpaired) electrons. The van der Waals surface area contributed by atoms with Gasteiger partial charge >= 0.3 is 0 Å². The highest BCUT2D eigenvalue weighted by Gasteiger charge is 2.35. The molecule has 1 aliphatic heterocycles. The average Bonchev–Trinajstić information content (AvgIpc) is 2.74. The first-order valence-corrected chi connectivity index (χ1v) is 10.6. The predicted molar refractivity (Wildman–Crippen MR) is 118 cm³/mol. The van der Waals surface area contributed by atoms with Crippen LogP contribution in [-0.4, -0.2) is 44.7 Å². The molecule has 2 N–H and O–H groups in total. The number of carbonyl (C=O) groups is 1. The van der Waals surface area contributed by atoms with E-state index in [0.717, 1.165) is 24.1 Å². The first-order chi connectivity index (χ1) is 13.9. The Bertz CT molecular complexity index is 897. The van der Waals surface area contributed by atoms with Gasteiger partial charge in [-0.15, -0.1) is 0 Å². The molecule has 0 atom stereocenters. The maximum atomic E-state index is 12.7. The summed E-state index contributed by atoms with van der Waals surface area (Å²) >= 11 is 1.88. The van der Waals surface area contributed by atoms with E-state index in [1.165, 1.54) is 0 Å². The summed E-state index contributed by atoms with van der Waals surface area (Å²) in [4.78, 5) is 28.2. The molecule has 1 fully saturated rings. The molecule has 1 amide bonds. The maximum absolute atomic E-state index is 12.7. The Balaban J connectivity index is 1.66. The van der Waals surface area contributed by atoms with Gasteiger partial charge in [0, 0.05) is 17.8 Å². The Morgan fingerprint density at radius 2 is 1.97 bits per heavy atom. The molecule has 0 aromatic carbocycles. The highest BCUT2D eigenvalue weighted by Crippen LogP contribution is 2.34. The third-order valence-corrected chi connectivity index (χ3v) is 6.66. The molecule has 8 nitrogen and oxygen atoms in total. The van der Waals surface area contributed by atoms with E-state index in [2.05, 4.69) is 15.3 Å². The molecule has 2 aromatic heterocycles. The molecule has 0 spiro atoms. The molecule has 1 aliphatic carbocycles. The van der Waals surface area contributed by atoms with Gasteiger partial charge < -0.3 is 13.5 Å². The Hall–Kier alpha value is -1.85. The van der Waals surface area contributed by atoms with Gasteiger partial charge in [-0.05, 0) is 51.7 Å². The second-order valence-corrected chi connectivity index (χ2v) is 8.47. The van der Waals surface area contributed by atoms with E-state index in [4.69, 9.17) is 8.05 Å². The molecular formula is C20H24IN5O3. The molecule has 0 unspecified atom stereocenters. The molecule has 0 saturated heterocycles. The number of aromatic nitrogens is 3. The van der Waals surface area contributed by atoms with E-state index in [1.54, 1.807) is 17.3 Å². The van der Waals surface area contributed by atoms with Crippen molar-refractivity contribution in [1.82, 2.24) is 15.0 Å². The van der Waals surface area contributed by atoms with Crippen molar-refractivity contribution in [2.75, 3.05) is 16.8 Å². The zero-order valence-electron chi connectivity index (χ0n) is 16.4. The average molecular weight is 509 g/mol. The maximum Gasteiger partial charge on any atom is 0.247 e. The fourth-order valence-electron chi connectivity index (χ4n) is 3.81. The standard InChI is InChI=1S/C20H24IN5O3/c1-20(2,29-21)16-8-3-12(9-22-16)15-10-23-18-19(25-15)26(17(28)11-24-18)13-4-6-14(27)7-5-13/h3,8-10,13-14,27H,4-7,11H2,1-2H3,(H,23,24)/t13-,14-. The summed E-state index contributed by atoms with van der Waals surface area (Å²) in [5.41, 5.74) is 1.82. The zero-order chi connectivity index (χ0) is 20.6. The van der Waals surface area contributed by atoms with E-state index in [1.807, 2.05) is 49.0 Å². The summed E-state index contributed by atoms with van der Waals surface area (Å²) < 4.78 is 5.45. The highest BCUT2D eigenvalue weighted by molar-refractivity contribution is 14.1. The number of anilines is 2. The smallest absolute Gasteiger partial charge is 0.247 e. The quantitative estimate of drug-likeness (QED) is 0.611. The van der Waals surface area contributed by atoms with Crippen LogP contribution in [-0.2, 0) is 13.5 Å². The molecule has 154 valence electrons. The van der Waals surface area contributed by atoms with Crippen LogP contribution in [0.2, 0.25) is 0 Å². The first kappa shape index (κ1) is 20.4. The minimum atomic E-state index is -0.487. The second kappa shape index (κ2) is 8.11. The molecule has 1 saturated carbocycles. The number of carbonyl (C=O) groups excluding carboxylic acids is 1. The largest absolute Gasteiger partial charge is 0.393 e. The Morgan fingerprint density at radius 3 is 2.62 bits per heavy atom. The SMILES string of the molecule is CC(C)(OI)c1ccc(-c2cnc3c(n2)N([C@H]2CC[C@H](O)CC2)C(=O)CN3)cn1. The summed E-state index contributed by atoms with van der Waals surface area (Å²) in [6, 6.07) is 3.90. The number of nitrogens with one attached hydrogen (secondary N) is 1. The van der Waals surface area contributed by atoms with Gasteiger partial charge in [-0.25, -0.2) is 9.97 Å². The van der Waals surface area contributed by atoms with Gasteiger partial charge in [0.25, 0.3) is 0 Å². The monoisotopic (exact) mass is 509 g/mol. The van der Waals surface area contributed by atoms with Crippen molar-refractivity contribution >= 4 is 40.5 Å². The number of aliphatic hydroxyl groups excluding tert-OH is 1. The lowest BCUT2D eigenvalue weighted by molar-refractivity contribution is -0.118. The fourth-order valence-corrected chi connectivity index (χ4v) is 4.03. The van der Waals surface area contributed by atoms with Gasteiger partial charge in [-0.2, -0.15) is 0 Å². The van der Waals surface area contributed by atoms with Crippen LogP contribution in [0.25, 0.3) is 11.3 Å². The molecule has 9 heteroatoms. The van der Waals surface area contributed by atoms with E-state index < -0.39 is 5.60 Å². The van der Waals surface area contributed by atoms with Gasteiger partial charge in [0.15, 0.2) is 11.6 Å². The van der Waals surface area contributed by atoms with Crippen LogP contribution < -0.4 is 10.2 Å². The van der Waals surface area contributed by atoms with Crippen molar-refractivity contribution in [3.05, 3.63) is 30.2 Å². The Kier molecular flexibility index (Phi) is 5.71. The minimum absolute atomic E-state index is 0.0141. The molecule has 29 heavy (non-hydrogen) atoms. The van der Waals surface area contributed by atoms with Crippen molar-refractivity contribution in [2.24, 2.45) is 0 Å². The summed E-state index contributed by atoms with van der Waals surface area (Å²) in [7, 11) is 0. The third kappa shape index (κ3) is 4.08. The number of fused-ring (bicyclic) bond motifs is 1. The van der Waals surface area contributed by atoms with Crippen molar-refractivity contribution in [3.63, 3.8) is 0 Å². The van der Waals surface area contributed by atoms with Crippen LogP contribution in [0.15, 0.2) is 24.5 Å². The predicted octanol–water partition coefficient (Wildman–Crippen LogP) is 3.20. The van der Waals surface area contributed by atoms with Gasteiger partial charge in [-0.3, -0.25) is 14.7 Å². The number of aliphatic hydroxyl groups is 1. The zero-order valence-corrected chi connectivity index (χ0v) is 18.6. The molecule has 2 aromatic rings. The summed E-state index contributed by atoms with van der Waals surface area (Å²) in [5, 5.41) is 12.9. The lowest BCUT2D eigenvalue weighted by atomic mass is 9.91. The topological polar surface area (TPSA) is 100 Å². The van der Waals surface area contributed by atoms with E-state index in [-0.39, 0.29) is 24.6 Å². The molecular weight excluding hydrogens is 485 g/mol. The highest BCUT2D eigenvalue weighted by atomic mass is 127. The van der Waals surface area contributed by atoms with Crippen LogP contribution in [0.1, 0.15) is 45.2 Å². The number of halogens is 1. The molecule has 2 aliphatic rings. The van der Waals surface area contributed by atoms with Crippen LogP contribution in [0, 0.1) is 0 Å². The minimum Gasteiger partial charge on any atom is -0.393 e. The Labute approximate surface area is 183 Å². The van der Waals surface area contributed by atoms with Crippen molar-refractivity contribution in [1.29, 1.82) is 0 Å². The van der Waals surface area contributed by atoms with E-state index >= 15 is 0 Å². The fraction of sp³-hybridized carbons (Fsp3) is 0.500. The van der Waals surface area contributed by atoms with Gasteiger partial charge in [0.1, 0.15) is 28.6 Å². The lowest BCUT2D eigenvalue weighted by Gasteiger charge is -2.38. The third-order valence-electron chi connectivity index (χ3n) is 5.56. The van der Waals surface area contributed by atoms with Crippen molar-refractivity contribution < 1.29 is 13.0 Å². The first-order valence-electron chi connectivity index (χ1n) is 9.77. The molecule has 0 bridgehead atoms. The van der Waals surface area contributed by atoms with Crippen LogP contribution in [0.5, 0.6) is 0 Å². The van der Waals surface area contributed by atoms with Crippen LogP contribution in [0.4, 0.5) is 11.6 Å². The van der Waals surface area contributed by atoms with Crippen molar-refractivity contribution in [2.45, 2.75) is 57.3 Å². The lowest BCUT2D eigenvalue weighted by Crippen LogP contribution is -2.49. The normalized spacial score (nSPS) is 22.2. The van der Waals surface area contributed by atoms with E-state index in [9.17, 15) is 9.90 Å².